The molecule has 0 spiro atoms. The maximum atomic E-state index is 12.5. The predicted molar refractivity (Wildman–Crippen MR) is 107 cm³/mol. The lowest BCUT2D eigenvalue weighted by Gasteiger charge is -2.09. The van der Waals surface area contributed by atoms with Crippen molar-refractivity contribution in [3.05, 3.63) is 72.7 Å². The highest BCUT2D eigenvalue weighted by Crippen LogP contribution is 2.24. The van der Waals surface area contributed by atoms with Gasteiger partial charge in [-0.2, -0.15) is 5.10 Å². The van der Waals surface area contributed by atoms with Crippen LogP contribution in [0.1, 0.15) is 5.69 Å². The Balaban J connectivity index is 1.49. The van der Waals surface area contributed by atoms with Crippen LogP contribution in [-0.2, 0) is 4.79 Å². The standard InChI is InChI=1S/C20H17N5OS/c1-14-11-18(25(24-14)15-7-3-2-4-8-15)23-19(26)12-27-20-16-9-5-6-10-17(16)21-13-22-20/h2-11,13H,12H2,1H3,(H,23,26). The molecule has 0 aliphatic rings. The molecule has 0 fully saturated rings. The molecule has 1 N–H and O–H groups in total. The highest BCUT2D eigenvalue weighted by atomic mass is 32.2. The van der Waals surface area contributed by atoms with Gasteiger partial charge in [0.1, 0.15) is 17.2 Å². The van der Waals surface area contributed by atoms with Crippen molar-refractivity contribution < 1.29 is 4.79 Å². The third kappa shape index (κ3) is 3.83. The van der Waals surface area contributed by atoms with E-state index in [9.17, 15) is 4.79 Å². The van der Waals surface area contributed by atoms with Crippen LogP contribution in [-0.4, -0.2) is 31.4 Å². The summed E-state index contributed by atoms with van der Waals surface area (Å²) in [4.78, 5) is 21.1. The Morgan fingerprint density at radius 1 is 1.07 bits per heavy atom. The number of nitrogens with zero attached hydrogens (tertiary/aromatic N) is 4. The van der Waals surface area contributed by atoms with Gasteiger partial charge >= 0.3 is 0 Å². The summed E-state index contributed by atoms with van der Waals surface area (Å²) in [5.41, 5.74) is 2.60. The van der Waals surface area contributed by atoms with Gasteiger partial charge in [-0.25, -0.2) is 14.6 Å². The zero-order valence-electron chi connectivity index (χ0n) is 14.7. The third-order valence-corrected chi connectivity index (χ3v) is 4.95. The number of fused-ring (bicyclic) bond motifs is 1. The molecular weight excluding hydrogens is 358 g/mol. The van der Waals surface area contributed by atoms with Gasteiger partial charge in [-0.3, -0.25) is 4.79 Å². The van der Waals surface area contributed by atoms with E-state index in [-0.39, 0.29) is 11.7 Å². The summed E-state index contributed by atoms with van der Waals surface area (Å²) in [6.45, 7) is 1.90. The topological polar surface area (TPSA) is 72.7 Å². The van der Waals surface area contributed by atoms with Crippen LogP contribution in [0.15, 0.2) is 72.0 Å². The van der Waals surface area contributed by atoms with Crippen LogP contribution >= 0.6 is 11.8 Å². The van der Waals surface area contributed by atoms with Crippen molar-refractivity contribution in [2.45, 2.75) is 11.9 Å². The monoisotopic (exact) mass is 375 g/mol. The number of thioether (sulfide) groups is 1. The number of para-hydroxylation sites is 2. The zero-order valence-corrected chi connectivity index (χ0v) is 15.5. The van der Waals surface area contributed by atoms with E-state index in [0.29, 0.717) is 5.82 Å². The van der Waals surface area contributed by atoms with Gasteiger partial charge in [0, 0.05) is 11.5 Å². The summed E-state index contributed by atoms with van der Waals surface area (Å²) in [5, 5.41) is 9.16. The Morgan fingerprint density at radius 2 is 1.85 bits per heavy atom. The Kier molecular flexibility index (Phi) is 4.84. The van der Waals surface area contributed by atoms with E-state index in [1.165, 1.54) is 18.1 Å². The quantitative estimate of drug-likeness (QED) is 0.424. The van der Waals surface area contributed by atoms with Gasteiger partial charge in [0.05, 0.1) is 22.7 Å². The van der Waals surface area contributed by atoms with Crippen LogP contribution in [0.25, 0.3) is 16.6 Å². The molecule has 6 nitrogen and oxygen atoms in total. The number of aryl methyl sites for hydroxylation is 1. The first kappa shape index (κ1) is 17.2. The second kappa shape index (κ2) is 7.59. The van der Waals surface area contributed by atoms with E-state index >= 15 is 0 Å². The Bertz CT molecular complexity index is 1090. The van der Waals surface area contributed by atoms with Crippen LogP contribution < -0.4 is 5.32 Å². The minimum Gasteiger partial charge on any atom is -0.310 e. The summed E-state index contributed by atoms with van der Waals surface area (Å²) in [5.74, 6) is 0.789. The molecule has 27 heavy (non-hydrogen) atoms. The van der Waals surface area contributed by atoms with Crippen LogP contribution in [0, 0.1) is 6.92 Å². The fraction of sp³-hybridized carbons (Fsp3) is 0.100. The lowest BCUT2D eigenvalue weighted by molar-refractivity contribution is -0.113. The molecule has 0 saturated heterocycles. The summed E-state index contributed by atoms with van der Waals surface area (Å²) in [7, 11) is 0. The SMILES string of the molecule is Cc1cc(NC(=O)CSc2ncnc3ccccc23)n(-c2ccccc2)n1. The van der Waals surface area contributed by atoms with E-state index in [0.717, 1.165) is 27.3 Å². The van der Waals surface area contributed by atoms with Gasteiger partial charge < -0.3 is 5.32 Å². The number of hydrogen-bond donors (Lipinski definition) is 1. The lowest BCUT2D eigenvalue weighted by Crippen LogP contribution is -2.17. The summed E-state index contributed by atoms with van der Waals surface area (Å²) >= 11 is 1.39. The molecule has 0 radical (unpaired) electrons. The van der Waals surface area contributed by atoms with Crippen LogP contribution in [0.2, 0.25) is 0 Å². The Labute approximate surface area is 160 Å². The number of benzene rings is 2. The van der Waals surface area contributed by atoms with Crippen molar-refractivity contribution >= 4 is 34.4 Å². The molecule has 4 aromatic rings. The Morgan fingerprint density at radius 3 is 2.70 bits per heavy atom. The Hall–Kier alpha value is -3.19. The number of carbonyl (C=O) groups is 1. The number of amides is 1. The second-order valence-corrected chi connectivity index (χ2v) is 6.92. The van der Waals surface area contributed by atoms with E-state index in [4.69, 9.17) is 0 Å². The number of aromatic nitrogens is 4. The van der Waals surface area contributed by atoms with Crippen molar-refractivity contribution in [2.75, 3.05) is 11.1 Å². The molecule has 2 heterocycles. The van der Waals surface area contributed by atoms with E-state index in [1.54, 1.807) is 4.68 Å². The largest absolute Gasteiger partial charge is 0.310 e. The number of rotatable bonds is 5. The van der Waals surface area contributed by atoms with Gasteiger partial charge in [0.15, 0.2) is 0 Å². The molecule has 2 aromatic carbocycles. The van der Waals surface area contributed by atoms with E-state index in [1.807, 2.05) is 67.6 Å². The average molecular weight is 375 g/mol. The van der Waals surface area contributed by atoms with Crippen LogP contribution in [0.4, 0.5) is 5.82 Å². The molecule has 0 aliphatic heterocycles. The molecular formula is C20H17N5OS. The average Bonchev–Trinajstić information content (AvgIpc) is 3.07. The van der Waals surface area contributed by atoms with Gasteiger partial charge in [-0.1, -0.05) is 48.2 Å². The van der Waals surface area contributed by atoms with Gasteiger partial charge in [-0.05, 0) is 25.1 Å². The normalized spacial score (nSPS) is 10.9. The molecule has 0 bridgehead atoms. The number of hydrogen-bond acceptors (Lipinski definition) is 5. The highest BCUT2D eigenvalue weighted by Gasteiger charge is 2.12. The minimum absolute atomic E-state index is 0.111. The number of nitrogens with one attached hydrogen (secondary N) is 1. The predicted octanol–water partition coefficient (Wildman–Crippen LogP) is 3.85. The molecule has 1 amide bonds. The van der Waals surface area contributed by atoms with Crippen molar-refractivity contribution in [3.8, 4) is 5.69 Å². The van der Waals surface area contributed by atoms with Crippen molar-refractivity contribution in [2.24, 2.45) is 0 Å². The fourth-order valence-electron chi connectivity index (χ4n) is 2.76. The van der Waals surface area contributed by atoms with Gasteiger partial charge in [-0.15, -0.1) is 0 Å². The van der Waals surface area contributed by atoms with E-state index < -0.39 is 0 Å². The molecule has 0 aliphatic carbocycles. The van der Waals surface area contributed by atoms with E-state index in [2.05, 4.69) is 20.4 Å². The van der Waals surface area contributed by atoms with Crippen LogP contribution in [0.3, 0.4) is 0 Å². The molecule has 4 rings (SSSR count). The lowest BCUT2D eigenvalue weighted by atomic mass is 10.2. The molecule has 0 atom stereocenters. The first-order valence-electron chi connectivity index (χ1n) is 8.45. The third-order valence-electron chi connectivity index (χ3n) is 3.95. The first-order chi connectivity index (χ1) is 13.2. The zero-order chi connectivity index (χ0) is 18.6. The maximum absolute atomic E-state index is 12.5. The fourth-order valence-corrected chi connectivity index (χ4v) is 3.55. The highest BCUT2D eigenvalue weighted by molar-refractivity contribution is 8.00. The van der Waals surface area contributed by atoms with Crippen LogP contribution in [0.5, 0.6) is 0 Å². The summed E-state index contributed by atoms with van der Waals surface area (Å²) < 4.78 is 1.73. The first-order valence-corrected chi connectivity index (χ1v) is 9.44. The summed E-state index contributed by atoms with van der Waals surface area (Å²) in [6, 6.07) is 19.3. The van der Waals surface area contributed by atoms with Gasteiger partial charge in [0.2, 0.25) is 5.91 Å². The molecule has 0 saturated carbocycles. The number of anilines is 1. The van der Waals surface area contributed by atoms with Crippen molar-refractivity contribution in [1.29, 1.82) is 0 Å². The maximum Gasteiger partial charge on any atom is 0.235 e. The molecule has 2 aromatic heterocycles. The van der Waals surface area contributed by atoms with Gasteiger partial charge in [0.25, 0.3) is 0 Å². The van der Waals surface area contributed by atoms with Crippen molar-refractivity contribution in [1.82, 2.24) is 19.7 Å². The smallest absolute Gasteiger partial charge is 0.235 e. The molecule has 7 heteroatoms. The van der Waals surface area contributed by atoms with Crippen molar-refractivity contribution in [3.63, 3.8) is 0 Å². The second-order valence-electron chi connectivity index (χ2n) is 5.95. The minimum atomic E-state index is -0.111. The molecule has 134 valence electrons. The molecule has 0 unspecified atom stereocenters. The summed E-state index contributed by atoms with van der Waals surface area (Å²) in [6.07, 6.45) is 1.52. The number of carbonyl (C=O) groups excluding carboxylic acids is 1.